The Balaban J connectivity index is 5.28. The number of carboxylic acids is 2. The van der Waals surface area contributed by atoms with E-state index in [2.05, 4.69) is 26.6 Å². The number of rotatable bonds is 18. The minimum Gasteiger partial charge on any atom is -0.481 e. The van der Waals surface area contributed by atoms with E-state index in [0.29, 0.717) is 6.42 Å². The first kappa shape index (κ1) is 35.2. The summed E-state index contributed by atoms with van der Waals surface area (Å²) in [5.74, 6) is -7.56. The average molecular weight is 561 g/mol. The number of carbonyl (C=O) groups excluding carboxylic acids is 5. The van der Waals surface area contributed by atoms with Gasteiger partial charge in [0.15, 0.2) is 0 Å². The lowest BCUT2D eigenvalue weighted by Gasteiger charge is -2.24. The van der Waals surface area contributed by atoms with E-state index in [9.17, 15) is 43.8 Å². The molecular weight excluding hydrogens is 520 g/mol. The van der Waals surface area contributed by atoms with Crippen LogP contribution in [-0.4, -0.2) is 101 Å². The third-order valence-electron chi connectivity index (χ3n) is 5.59. The highest BCUT2D eigenvalue weighted by Gasteiger charge is 2.31. The summed E-state index contributed by atoms with van der Waals surface area (Å²) in [6.07, 6.45) is -0.220. The normalized spacial score (nSPS) is 14.6. The maximum absolute atomic E-state index is 12.7. The van der Waals surface area contributed by atoms with Gasteiger partial charge < -0.3 is 47.6 Å². The number of aliphatic carboxylic acids is 2. The summed E-state index contributed by atoms with van der Waals surface area (Å²) in [7, 11) is 0. The first-order chi connectivity index (χ1) is 18.2. The SMILES string of the molecule is CCC(C)C(NC(=O)C(CO)NC(=O)CNC(=O)C(CC(C)C)NC(=O)C(CC(=O)O)NC(=O)CN)C(=O)O. The largest absolute Gasteiger partial charge is 0.481 e. The van der Waals surface area contributed by atoms with Gasteiger partial charge in [-0.1, -0.05) is 34.1 Å². The van der Waals surface area contributed by atoms with Crippen LogP contribution in [0.5, 0.6) is 0 Å². The number of aliphatic hydroxyl groups is 1. The molecule has 0 aliphatic heterocycles. The topological polar surface area (TPSA) is 266 Å². The highest BCUT2D eigenvalue weighted by Crippen LogP contribution is 2.08. The molecule has 0 saturated carbocycles. The summed E-state index contributed by atoms with van der Waals surface area (Å²) in [6, 6.07) is -5.44. The van der Waals surface area contributed by atoms with Crippen molar-refractivity contribution in [2.45, 2.75) is 71.1 Å². The fraction of sp³-hybridized carbons (Fsp3) is 0.696. The van der Waals surface area contributed by atoms with Gasteiger partial charge in [0.2, 0.25) is 29.5 Å². The van der Waals surface area contributed by atoms with Crippen molar-refractivity contribution in [3.63, 3.8) is 0 Å². The number of nitrogens with two attached hydrogens (primary N) is 1. The number of amides is 5. The lowest BCUT2D eigenvalue weighted by atomic mass is 9.99. The summed E-state index contributed by atoms with van der Waals surface area (Å²) in [4.78, 5) is 84.2. The van der Waals surface area contributed by atoms with Crippen LogP contribution < -0.4 is 32.3 Å². The summed E-state index contributed by atoms with van der Waals surface area (Å²) >= 11 is 0. The van der Waals surface area contributed by atoms with E-state index >= 15 is 0 Å². The van der Waals surface area contributed by atoms with Crippen molar-refractivity contribution in [2.24, 2.45) is 17.6 Å². The fourth-order valence-corrected chi connectivity index (χ4v) is 3.28. The van der Waals surface area contributed by atoms with E-state index < -0.39 is 97.7 Å². The molecule has 16 nitrogen and oxygen atoms in total. The molecule has 0 aliphatic rings. The van der Waals surface area contributed by atoms with Gasteiger partial charge in [-0.05, 0) is 18.3 Å². The van der Waals surface area contributed by atoms with Crippen LogP contribution in [0.15, 0.2) is 0 Å². The van der Waals surface area contributed by atoms with Crippen molar-refractivity contribution in [1.29, 1.82) is 0 Å². The van der Waals surface area contributed by atoms with Gasteiger partial charge in [0.1, 0.15) is 24.2 Å². The molecule has 0 radical (unpaired) electrons. The molecule has 0 aromatic carbocycles. The summed E-state index contributed by atoms with van der Waals surface area (Å²) in [5, 5.41) is 39.1. The first-order valence-electron chi connectivity index (χ1n) is 12.4. The zero-order chi connectivity index (χ0) is 30.3. The van der Waals surface area contributed by atoms with Crippen molar-refractivity contribution in [1.82, 2.24) is 26.6 Å². The Morgan fingerprint density at radius 1 is 0.769 bits per heavy atom. The van der Waals surface area contributed by atoms with Gasteiger partial charge in [0.05, 0.1) is 26.1 Å². The molecule has 0 spiro atoms. The van der Waals surface area contributed by atoms with E-state index in [-0.39, 0.29) is 12.3 Å². The van der Waals surface area contributed by atoms with Crippen LogP contribution in [0, 0.1) is 11.8 Å². The molecule has 39 heavy (non-hydrogen) atoms. The molecule has 5 amide bonds. The quantitative estimate of drug-likeness (QED) is 0.0799. The molecule has 5 atom stereocenters. The summed E-state index contributed by atoms with van der Waals surface area (Å²) < 4.78 is 0. The molecule has 16 heteroatoms. The second kappa shape index (κ2) is 17.7. The molecular formula is C23H40N6O10. The van der Waals surface area contributed by atoms with Gasteiger partial charge >= 0.3 is 11.9 Å². The predicted molar refractivity (Wildman–Crippen MR) is 136 cm³/mol. The summed E-state index contributed by atoms with van der Waals surface area (Å²) in [5.41, 5.74) is 5.19. The molecule has 0 aromatic rings. The summed E-state index contributed by atoms with van der Waals surface area (Å²) in [6.45, 7) is 4.85. The highest BCUT2D eigenvalue weighted by molar-refractivity contribution is 5.96. The Hall–Kier alpha value is -3.79. The second-order valence-corrected chi connectivity index (χ2v) is 9.34. The Labute approximate surface area is 225 Å². The second-order valence-electron chi connectivity index (χ2n) is 9.34. The molecule has 222 valence electrons. The van der Waals surface area contributed by atoms with Crippen molar-refractivity contribution in [3.8, 4) is 0 Å². The molecule has 5 unspecified atom stereocenters. The number of nitrogens with one attached hydrogen (secondary N) is 5. The third-order valence-corrected chi connectivity index (χ3v) is 5.59. The number of carbonyl (C=O) groups is 7. The van der Waals surface area contributed by atoms with Crippen molar-refractivity contribution in [2.75, 3.05) is 19.7 Å². The minimum absolute atomic E-state index is 0.0949. The molecule has 0 fully saturated rings. The van der Waals surface area contributed by atoms with Gasteiger partial charge in [-0.3, -0.25) is 28.8 Å². The van der Waals surface area contributed by atoms with Crippen LogP contribution in [0.1, 0.15) is 47.0 Å². The molecule has 0 rings (SSSR count). The number of hydrogen-bond acceptors (Lipinski definition) is 9. The maximum Gasteiger partial charge on any atom is 0.326 e. The zero-order valence-corrected chi connectivity index (χ0v) is 22.5. The molecule has 0 saturated heterocycles. The van der Waals surface area contributed by atoms with Crippen LogP contribution in [0.4, 0.5) is 0 Å². The maximum atomic E-state index is 12.7. The number of hydrogen-bond donors (Lipinski definition) is 9. The molecule has 0 aromatic heterocycles. The minimum atomic E-state index is -1.50. The number of aliphatic hydroxyl groups excluding tert-OH is 1. The van der Waals surface area contributed by atoms with Crippen molar-refractivity contribution in [3.05, 3.63) is 0 Å². The molecule has 0 aliphatic carbocycles. The van der Waals surface area contributed by atoms with E-state index in [1.807, 2.05) is 0 Å². The molecule has 0 bridgehead atoms. The van der Waals surface area contributed by atoms with E-state index in [0.717, 1.165) is 0 Å². The standard InChI is InChI=1S/C23H40N6O10/c1-5-12(4)19(23(38)39)29-22(37)15(10-30)27-17(32)9-25-20(35)13(6-11(2)3)28-21(36)14(7-18(33)34)26-16(31)8-24/h11-15,19,30H,5-10,24H2,1-4H3,(H,25,35)(H,26,31)(H,27,32)(H,28,36)(H,29,37)(H,33,34)(H,38,39). The third kappa shape index (κ3) is 13.5. The van der Waals surface area contributed by atoms with Crippen molar-refractivity contribution < 1.29 is 48.9 Å². The van der Waals surface area contributed by atoms with Gasteiger partial charge in [0.25, 0.3) is 0 Å². The lowest BCUT2D eigenvalue weighted by Crippen LogP contribution is -2.57. The Bertz CT molecular complexity index is 897. The molecule has 0 heterocycles. The van der Waals surface area contributed by atoms with Gasteiger partial charge in [-0.15, -0.1) is 0 Å². The fourth-order valence-electron chi connectivity index (χ4n) is 3.28. The lowest BCUT2D eigenvalue weighted by molar-refractivity contribution is -0.144. The monoisotopic (exact) mass is 560 g/mol. The Kier molecular flexibility index (Phi) is 16.0. The van der Waals surface area contributed by atoms with E-state index in [1.165, 1.54) is 0 Å². The van der Waals surface area contributed by atoms with Crippen molar-refractivity contribution >= 4 is 41.5 Å². The van der Waals surface area contributed by atoms with Gasteiger partial charge in [-0.2, -0.15) is 0 Å². The average Bonchev–Trinajstić information content (AvgIpc) is 2.86. The van der Waals surface area contributed by atoms with Gasteiger partial charge in [-0.25, -0.2) is 4.79 Å². The zero-order valence-electron chi connectivity index (χ0n) is 22.5. The number of carboxylic acid groups (broad SMARTS) is 2. The van der Waals surface area contributed by atoms with Crippen LogP contribution in [0.2, 0.25) is 0 Å². The highest BCUT2D eigenvalue weighted by atomic mass is 16.4. The smallest absolute Gasteiger partial charge is 0.326 e. The Morgan fingerprint density at radius 3 is 1.79 bits per heavy atom. The Morgan fingerprint density at radius 2 is 1.33 bits per heavy atom. The van der Waals surface area contributed by atoms with Crippen LogP contribution in [0.3, 0.4) is 0 Å². The van der Waals surface area contributed by atoms with Crippen LogP contribution >= 0.6 is 0 Å². The first-order valence-corrected chi connectivity index (χ1v) is 12.4. The van der Waals surface area contributed by atoms with E-state index in [1.54, 1.807) is 27.7 Å². The van der Waals surface area contributed by atoms with E-state index in [4.69, 9.17) is 10.8 Å². The van der Waals surface area contributed by atoms with Crippen LogP contribution in [0.25, 0.3) is 0 Å². The predicted octanol–water partition coefficient (Wildman–Crippen LogP) is -3.36. The molecule has 10 N–H and O–H groups in total. The van der Waals surface area contributed by atoms with Gasteiger partial charge in [0, 0.05) is 0 Å². The van der Waals surface area contributed by atoms with Crippen LogP contribution in [-0.2, 0) is 33.6 Å².